The van der Waals surface area contributed by atoms with Crippen molar-refractivity contribution >= 4 is 110 Å². The second-order valence-electron chi connectivity index (χ2n) is 26.1. The van der Waals surface area contributed by atoms with Crippen LogP contribution in [0.1, 0.15) is 45.0 Å². The van der Waals surface area contributed by atoms with Gasteiger partial charge in [-0.1, -0.05) is 170 Å². The van der Waals surface area contributed by atoms with E-state index in [1.807, 2.05) is 0 Å². The number of hydrogen-bond donors (Lipinski definition) is 6. The summed E-state index contributed by atoms with van der Waals surface area (Å²) >= 11 is 0. The van der Waals surface area contributed by atoms with Gasteiger partial charge in [0, 0.05) is 44.3 Å². The third-order valence-electron chi connectivity index (χ3n) is 18.8. The first-order valence-corrected chi connectivity index (χ1v) is 41.0. The molecule has 8 aromatic carbocycles. The van der Waals surface area contributed by atoms with Crippen LogP contribution in [0.3, 0.4) is 0 Å². The smallest absolute Gasteiger partial charge is 0.324 e. The van der Waals surface area contributed by atoms with Gasteiger partial charge in [-0.05, 0) is 167 Å². The lowest BCUT2D eigenvalue weighted by atomic mass is 10.0. The zero-order valence-corrected chi connectivity index (χ0v) is 63.9. The van der Waals surface area contributed by atoms with Gasteiger partial charge in [0.25, 0.3) is 0 Å². The van der Waals surface area contributed by atoms with E-state index in [4.69, 9.17) is 28.9 Å². The van der Waals surface area contributed by atoms with E-state index in [9.17, 15) is 52.8 Å². The van der Waals surface area contributed by atoms with Gasteiger partial charge in [0.05, 0.1) is 70.8 Å². The Balaban J connectivity index is 1.00. The number of methoxy groups -OCH3 is 4. The highest BCUT2D eigenvalue weighted by Crippen LogP contribution is 2.40. The van der Waals surface area contributed by atoms with Gasteiger partial charge in [-0.25, -0.2) is 43.6 Å². The minimum Gasteiger partial charge on any atom is -0.468 e. The molecule has 112 heavy (non-hydrogen) atoms. The molecule has 0 amide bonds. The third-order valence-corrected chi connectivity index (χ3v) is 24.8. The number of H-pyrrole nitrogens is 2. The van der Waals surface area contributed by atoms with Crippen LogP contribution in [0.5, 0.6) is 0 Å². The molecular weight excluding hydrogens is 1510 g/mol. The number of sulfonamides is 4. The zero-order chi connectivity index (χ0) is 78.9. The number of aromatic nitrogens is 4. The summed E-state index contributed by atoms with van der Waals surface area (Å²) in [6, 6.07) is 61.3. The molecule has 28 heteroatoms. The van der Waals surface area contributed by atoms with Crippen LogP contribution in [-0.4, -0.2) is 130 Å². The van der Waals surface area contributed by atoms with Crippen molar-refractivity contribution < 1.29 is 71.8 Å². The van der Waals surface area contributed by atoms with Crippen LogP contribution in [0.4, 0.5) is 0 Å². The van der Waals surface area contributed by atoms with E-state index < -0.39 is 88.1 Å². The first kappa shape index (κ1) is 78.0. The molecule has 2 aliphatic rings. The normalized spacial score (nSPS) is 13.3. The second kappa shape index (κ2) is 33.6. The molecule has 0 aliphatic carbocycles. The van der Waals surface area contributed by atoms with Gasteiger partial charge in [-0.15, -0.1) is 0 Å². The van der Waals surface area contributed by atoms with Crippen LogP contribution in [0, 0.1) is 0 Å². The van der Waals surface area contributed by atoms with E-state index in [2.05, 4.69) is 28.9 Å². The van der Waals surface area contributed by atoms with Crippen molar-refractivity contribution in [1.29, 1.82) is 0 Å². The number of hydrogen-bond acceptors (Lipinski definition) is 18. The molecule has 4 unspecified atom stereocenters. The fourth-order valence-electron chi connectivity index (χ4n) is 13.3. The lowest BCUT2D eigenvalue weighted by Gasteiger charge is -2.17. The summed E-state index contributed by atoms with van der Waals surface area (Å²) in [6.07, 6.45) is 7.00. The SMILES string of the molecule is COC(=O)C(Cc1ccccc1)NS(=O)(=O)c1ccc(-c2c3nc(c(-c4ccc(S(=O)(=O)NC(Cc5ccccc5)C(=O)OC)cc4)c4ccc([nH]4)c(-c4ccc(S(=O)(=O)NC(Cc5ccccc5)C(=O)OC)cc4)c4nc(c(-c5ccc(S(=O)(=O)NC(Cc6ccccc6)C(=O)OC)cc5)c5ccc2[nH]5)C=C4)C=C3)cc1. The van der Waals surface area contributed by atoms with Crippen molar-refractivity contribution in [2.24, 2.45) is 0 Å². The second-order valence-corrected chi connectivity index (χ2v) is 33.0. The Hall–Kier alpha value is -12.1. The third kappa shape index (κ3) is 17.7. The molecule has 0 radical (unpaired) electrons. The molecule has 570 valence electrons. The first-order chi connectivity index (χ1) is 53.9. The lowest BCUT2D eigenvalue weighted by molar-refractivity contribution is -0.143. The predicted molar refractivity (Wildman–Crippen MR) is 426 cm³/mol. The number of nitrogens with zero attached hydrogens (tertiary/aromatic N) is 2. The van der Waals surface area contributed by atoms with Crippen molar-refractivity contribution in [2.75, 3.05) is 28.4 Å². The lowest BCUT2D eigenvalue weighted by Crippen LogP contribution is -2.42. The molecule has 24 nitrogen and oxygen atoms in total. The molecule has 13 rings (SSSR count). The largest absolute Gasteiger partial charge is 0.468 e. The minimum absolute atomic E-state index is 0.00925. The number of fused-ring (bicyclic) bond motifs is 8. The van der Waals surface area contributed by atoms with E-state index in [-0.39, 0.29) is 45.3 Å². The fraction of sp³-hybridized carbons (Fsp3) is 0.143. The average Bonchev–Trinajstić information content (AvgIpc) is 1.60. The van der Waals surface area contributed by atoms with Crippen LogP contribution in [0.25, 0.3) is 90.9 Å². The van der Waals surface area contributed by atoms with Gasteiger partial charge in [0.1, 0.15) is 24.2 Å². The molecule has 0 saturated heterocycles. The van der Waals surface area contributed by atoms with Gasteiger partial charge in [0.15, 0.2) is 0 Å². The molecule has 4 atom stereocenters. The standard InChI is InChI=1S/C84H74N8O16S4/c1-105-81(93)73(49-53-17-9-5-10-18-53)89-109(97,98)61-33-25-57(26-34-61)77-65-41-43-67(85-65)78(58-27-35-62(36-28-58)110(99,100)90-74(82(94)106-2)50-54-19-11-6-12-20-54)69-45-47-71(87-69)80(60-31-39-64(40-32-60)112(103,104)92-76(84(96)108-4)52-56-23-15-8-16-24-56)72-48-46-70(88-72)79(68-44-42-66(77)86-68)59-29-37-63(38-30-59)111(101,102)91-75(83(95)107-3)51-55-21-13-7-14-22-55/h5-48,73-76,85,88-92H,49-52H2,1-4H3. The Morgan fingerprint density at radius 2 is 0.473 bits per heavy atom. The summed E-state index contributed by atoms with van der Waals surface area (Å²) in [5.74, 6) is -3.20. The molecular formula is C84H74N8O16S4. The topological polar surface area (TPSA) is 347 Å². The Kier molecular flexibility index (Phi) is 23.4. The predicted octanol–water partition coefficient (Wildman–Crippen LogP) is 11.6. The van der Waals surface area contributed by atoms with E-state index >= 15 is 0 Å². The van der Waals surface area contributed by atoms with Crippen molar-refractivity contribution in [1.82, 2.24) is 38.8 Å². The fourth-order valence-corrected chi connectivity index (χ4v) is 18.0. The zero-order valence-electron chi connectivity index (χ0n) is 60.6. The summed E-state index contributed by atoms with van der Waals surface area (Å²) < 4.78 is 145. The summed E-state index contributed by atoms with van der Waals surface area (Å²) in [4.78, 5) is 69.9. The number of rotatable bonds is 28. The Morgan fingerprint density at radius 1 is 0.286 bits per heavy atom. The van der Waals surface area contributed by atoms with Gasteiger partial charge >= 0.3 is 23.9 Å². The van der Waals surface area contributed by atoms with Gasteiger partial charge in [0.2, 0.25) is 40.1 Å². The van der Waals surface area contributed by atoms with E-state index in [1.54, 1.807) is 218 Å². The maximum atomic E-state index is 14.4. The van der Waals surface area contributed by atoms with Crippen LogP contribution >= 0.6 is 0 Å². The number of esters is 4. The Labute approximate surface area is 646 Å². The number of ether oxygens (including phenoxy) is 4. The van der Waals surface area contributed by atoms with Gasteiger partial charge < -0.3 is 28.9 Å². The van der Waals surface area contributed by atoms with Gasteiger partial charge in [-0.3, -0.25) is 19.2 Å². The average molecular weight is 1580 g/mol. The Bertz CT molecular complexity index is 5360. The molecule has 5 heterocycles. The summed E-state index contributed by atoms with van der Waals surface area (Å²) in [5.41, 5.74) is 9.46. The highest BCUT2D eigenvalue weighted by Gasteiger charge is 2.33. The molecule has 0 spiro atoms. The summed E-state index contributed by atoms with van der Waals surface area (Å²) in [6.45, 7) is 0. The Morgan fingerprint density at radius 3 is 0.652 bits per heavy atom. The monoisotopic (exact) mass is 1580 g/mol. The van der Waals surface area contributed by atoms with Gasteiger partial charge in [-0.2, -0.15) is 18.9 Å². The van der Waals surface area contributed by atoms with Crippen molar-refractivity contribution in [3.8, 4) is 44.5 Å². The molecule has 3 aromatic heterocycles. The maximum Gasteiger partial charge on any atom is 0.324 e. The molecule has 0 fully saturated rings. The molecule has 11 aromatic rings. The van der Waals surface area contributed by atoms with Crippen LogP contribution in [0.2, 0.25) is 0 Å². The number of nitrogens with one attached hydrogen (secondary N) is 6. The van der Waals surface area contributed by atoms with E-state index in [0.717, 1.165) is 0 Å². The van der Waals surface area contributed by atoms with Crippen molar-refractivity contribution in [3.05, 3.63) is 288 Å². The van der Waals surface area contributed by atoms with Crippen molar-refractivity contribution in [2.45, 2.75) is 69.4 Å². The van der Waals surface area contributed by atoms with Crippen LogP contribution in [0.15, 0.2) is 262 Å². The minimum atomic E-state index is -4.42. The van der Waals surface area contributed by atoms with Crippen LogP contribution in [-0.2, 0) is 104 Å². The number of carbonyl (C=O) groups is 4. The molecule has 2 aliphatic heterocycles. The van der Waals surface area contributed by atoms with Crippen LogP contribution < -0.4 is 18.9 Å². The number of benzene rings is 8. The summed E-state index contributed by atoms with van der Waals surface area (Å²) in [5, 5.41) is 0. The first-order valence-electron chi connectivity index (χ1n) is 35.1. The summed E-state index contributed by atoms with van der Waals surface area (Å²) in [7, 11) is -13.0. The quantitative estimate of drug-likeness (QED) is 0.0196. The number of aromatic amines is 2. The highest BCUT2D eigenvalue weighted by atomic mass is 32.2. The molecule has 0 saturated carbocycles. The highest BCUT2D eigenvalue weighted by molar-refractivity contribution is 7.90. The van der Waals surface area contributed by atoms with E-state index in [1.165, 1.54) is 77.0 Å². The maximum absolute atomic E-state index is 14.4. The molecule has 8 bridgehead atoms. The molecule has 6 N–H and O–H groups in total. The van der Waals surface area contributed by atoms with E-state index in [0.29, 0.717) is 112 Å². The van der Waals surface area contributed by atoms with Crippen molar-refractivity contribution in [3.63, 3.8) is 0 Å². The number of carbonyl (C=O) groups excluding carboxylic acids is 4.